The van der Waals surface area contributed by atoms with E-state index in [1.165, 1.54) is 12.7 Å². The van der Waals surface area contributed by atoms with Gasteiger partial charge in [-0.25, -0.2) is 9.97 Å². The molecule has 1 fully saturated rings. The summed E-state index contributed by atoms with van der Waals surface area (Å²) in [5, 5.41) is 4.26. The number of rotatable bonds is 3. The number of halogens is 2. The van der Waals surface area contributed by atoms with E-state index >= 15 is 0 Å². The van der Waals surface area contributed by atoms with Crippen molar-refractivity contribution in [3.05, 3.63) is 34.6 Å². The molecule has 1 aliphatic rings. The van der Waals surface area contributed by atoms with Crippen LogP contribution in [-0.4, -0.2) is 23.1 Å². The maximum Gasteiger partial charge on any atom is 0.159 e. The molecule has 0 amide bonds. The summed E-state index contributed by atoms with van der Waals surface area (Å²) in [6.07, 6.45) is 3.92. The van der Waals surface area contributed by atoms with Gasteiger partial charge in [-0.1, -0.05) is 30.1 Å². The second-order valence-electron chi connectivity index (χ2n) is 5.90. The molecule has 1 saturated heterocycles. The Morgan fingerprint density at radius 3 is 2.87 bits per heavy atom. The average Bonchev–Trinajstić information content (AvgIpc) is 2.52. The van der Waals surface area contributed by atoms with Crippen LogP contribution in [0, 0.1) is 5.92 Å². The Kier molecular flexibility index (Phi) is 4.78. The maximum absolute atomic E-state index is 6.29. The van der Waals surface area contributed by atoms with Crippen LogP contribution in [0.1, 0.15) is 19.8 Å². The van der Waals surface area contributed by atoms with Crippen molar-refractivity contribution >= 4 is 46.2 Å². The van der Waals surface area contributed by atoms with Gasteiger partial charge in [-0.15, -0.1) is 0 Å². The summed E-state index contributed by atoms with van der Waals surface area (Å²) in [4.78, 5) is 10.8. The molecule has 5 nitrogen and oxygen atoms in total. The van der Waals surface area contributed by atoms with E-state index in [-0.39, 0.29) is 0 Å². The van der Waals surface area contributed by atoms with Crippen LogP contribution in [0.15, 0.2) is 24.5 Å². The number of nitrogen functional groups attached to an aromatic ring is 1. The first-order valence-electron chi connectivity index (χ1n) is 7.62. The Hall–Kier alpha value is -1.72. The zero-order chi connectivity index (χ0) is 16.4. The third kappa shape index (κ3) is 3.62. The van der Waals surface area contributed by atoms with Crippen molar-refractivity contribution in [2.45, 2.75) is 19.8 Å². The van der Waals surface area contributed by atoms with Crippen molar-refractivity contribution in [2.75, 3.05) is 29.0 Å². The van der Waals surface area contributed by atoms with Gasteiger partial charge in [-0.05, 0) is 37.0 Å². The zero-order valence-corrected chi connectivity index (χ0v) is 14.4. The van der Waals surface area contributed by atoms with Crippen molar-refractivity contribution in [1.29, 1.82) is 0 Å². The van der Waals surface area contributed by atoms with E-state index in [1.807, 2.05) is 0 Å². The lowest BCUT2D eigenvalue weighted by Gasteiger charge is -2.32. The van der Waals surface area contributed by atoms with Gasteiger partial charge in [0.2, 0.25) is 0 Å². The molecule has 23 heavy (non-hydrogen) atoms. The summed E-state index contributed by atoms with van der Waals surface area (Å²) < 4.78 is 0. The van der Waals surface area contributed by atoms with E-state index in [9.17, 15) is 0 Å². The van der Waals surface area contributed by atoms with Crippen LogP contribution in [0.4, 0.5) is 23.0 Å². The molecule has 1 atom stereocenters. The number of anilines is 4. The second kappa shape index (κ2) is 6.81. The van der Waals surface area contributed by atoms with Crippen molar-refractivity contribution in [3.8, 4) is 0 Å². The van der Waals surface area contributed by atoms with Crippen LogP contribution in [-0.2, 0) is 0 Å². The number of piperidine rings is 1. The molecule has 3 rings (SSSR count). The van der Waals surface area contributed by atoms with Crippen molar-refractivity contribution in [3.63, 3.8) is 0 Å². The lowest BCUT2D eigenvalue weighted by Crippen LogP contribution is -2.35. The van der Waals surface area contributed by atoms with Crippen LogP contribution in [0.2, 0.25) is 10.0 Å². The quantitative estimate of drug-likeness (QED) is 0.860. The summed E-state index contributed by atoms with van der Waals surface area (Å²) >= 11 is 12.1. The summed E-state index contributed by atoms with van der Waals surface area (Å²) in [6, 6.07) is 5.24. The first-order chi connectivity index (χ1) is 11.0. The Morgan fingerprint density at radius 2 is 2.13 bits per heavy atom. The molecule has 1 aromatic carbocycles. The van der Waals surface area contributed by atoms with Crippen molar-refractivity contribution < 1.29 is 0 Å². The Balaban J connectivity index is 1.87. The van der Waals surface area contributed by atoms with Crippen LogP contribution < -0.4 is 16.0 Å². The molecule has 0 bridgehead atoms. The van der Waals surface area contributed by atoms with E-state index in [0.717, 1.165) is 25.3 Å². The molecule has 2 aromatic rings. The fraction of sp³-hybridized carbons (Fsp3) is 0.375. The predicted molar refractivity (Wildman–Crippen MR) is 96.8 cm³/mol. The summed E-state index contributed by atoms with van der Waals surface area (Å²) in [6.45, 7) is 4.17. The first-order valence-corrected chi connectivity index (χ1v) is 8.37. The highest BCUT2D eigenvalue weighted by atomic mass is 35.5. The topological polar surface area (TPSA) is 67.1 Å². The molecular formula is C16H19Cl2N5. The lowest BCUT2D eigenvalue weighted by molar-refractivity contribution is 0.445. The van der Waals surface area contributed by atoms with Gasteiger partial charge in [0, 0.05) is 18.1 Å². The minimum absolute atomic E-state index is 0.517. The van der Waals surface area contributed by atoms with E-state index < -0.39 is 0 Å². The average molecular weight is 352 g/mol. The lowest BCUT2D eigenvalue weighted by atomic mass is 10.0. The molecule has 122 valence electrons. The molecule has 0 aliphatic carbocycles. The van der Waals surface area contributed by atoms with Gasteiger partial charge in [-0.3, -0.25) is 0 Å². The number of hydrogen-bond acceptors (Lipinski definition) is 5. The summed E-state index contributed by atoms with van der Waals surface area (Å²) in [5.41, 5.74) is 7.53. The van der Waals surface area contributed by atoms with Gasteiger partial charge in [0.1, 0.15) is 12.0 Å². The summed E-state index contributed by atoms with van der Waals surface area (Å²) in [5.74, 6) is 1.97. The van der Waals surface area contributed by atoms with Gasteiger partial charge in [0.05, 0.1) is 10.7 Å². The van der Waals surface area contributed by atoms with Crippen LogP contribution in [0.3, 0.4) is 0 Å². The Bertz CT molecular complexity index is 707. The number of nitrogens with zero attached hydrogens (tertiary/aromatic N) is 3. The molecule has 1 aliphatic heterocycles. The van der Waals surface area contributed by atoms with Crippen LogP contribution >= 0.6 is 23.2 Å². The zero-order valence-electron chi connectivity index (χ0n) is 12.9. The minimum atomic E-state index is 0.517. The van der Waals surface area contributed by atoms with Crippen molar-refractivity contribution in [1.82, 2.24) is 9.97 Å². The van der Waals surface area contributed by atoms with Gasteiger partial charge in [0.25, 0.3) is 0 Å². The molecular weight excluding hydrogens is 333 g/mol. The molecule has 1 aromatic heterocycles. The van der Waals surface area contributed by atoms with Crippen LogP contribution in [0.25, 0.3) is 0 Å². The molecule has 2 heterocycles. The Labute approximate surface area is 145 Å². The number of aromatic nitrogens is 2. The van der Waals surface area contributed by atoms with E-state index in [4.69, 9.17) is 28.9 Å². The van der Waals surface area contributed by atoms with Gasteiger partial charge < -0.3 is 16.0 Å². The van der Waals surface area contributed by atoms with Gasteiger partial charge in [0.15, 0.2) is 11.6 Å². The molecule has 1 unspecified atom stereocenters. The predicted octanol–water partition coefficient (Wildman–Crippen LogP) is 4.35. The summed E-state index contributed by atoms with van der Waals surface area (Å²) in [7, 11) is 0. The third-order valence-electron chi connectivity index (χ3n) is 4.00. The molecule has 0 spiro atoms. The first kappa shape index (κ1) is 16.1. The monoisotopic (exact) mass is 351 g/mol. The SMILES string of the molecule is CC1CCCN(c2ncnc(Nc3ccc(Cl)cc3Cl)c2N)C1. The minimum Gasteiger partial charge on any atom is -0.393 e. The van der Waals surface area contributed by atoms with Crippen LogP contribution in [0.5, 0.6) is 0 Å². The molecule has 0 saturated carbocycles. The Morgan fingerprint density at radius 1 is 1.30 bits per heavy atom. The highest BCUT2D eigenvalue weighted by molar-refractivity contribution is 6.36. The second-order valence-corrected chi connectivity index (χ2v) is 6.75. The standard InChI is InChI=1S/C16H19Cl2N5/c1-10-3-2-6-23(8-10)16-14(19)15(20-9-21-16)22-13-5-4-11(17)7-12(13)18/h4-5,7,9-10H,2-3,6,8,19H2,1H3,(H,20,21,22). The third-order valence-corrected chi connectivity index (χ3v) is 4.55. The highest BCUT2D eigenvalue weighted by Crippen LogP contribution is 2.33. The highest BCUT2D eigenvalue weighted by Gasteiger charge is 2.21. The number of nitrogens with one attached hydrogen (secondary N) is 1. The molecule has 3 N–H and O–H groups in total. The van der Waals surface area contributed by atoms with E-state index in [0.29, 0.717) is 33.2 Å². The number of nitrogens with two attached hydrogens (primary N) is 1. The number of benzene rings is 1. The fourth-order valence-corrected chi connectivity index (χ4v) is 3.29. The van der Waals surface area contributed by atoms with Gasteiger partial charge in [-0.2, -0.15) is 0 Å². The van der Waals surface area contributed by atoms with E-state index in [1.54, 1.807) is 18.2 Å². The van der Waals surface area contributed by atoms with Crippen molar-refractivity contribution in [2.24, 2.45) is 5.92 Å². The molecule has 7 heteroatoms. The van der Waals surface area contributed by atoms with E-state index in [2.05, 4.69) is 27.1 Å². The molecule has 0 radical (unpaired) electrons. The largest absolute Gasteiger partial charge is 0.393 e. The normalized spacial score (nSPS) is 18.0. The fourth-order valence-electron chi connectivity index (χ4n) is 2.84. The maximum atomic E-state index is 6.29. The smallest absolute Gasteiger partial charge is 0.159 e. The van der Waals surface area contributed by atoms with Gasteiger partial charge >= 0.3 is 0 Å². The number of hydrogen-bond donors (Lipinski definition) is 2.